The van der Waals surface area contributed by atoms with Crippen LogP contribution >= 0.6 is 11.6 Å². The first kappa shape index (κ1) is 16.8. The summed E-state index contributed by atoms with van der Waals surface area (Å²) < 4.78 is 11.5. The van der Waals surface area contributed by atoms with Crippen LogP contribution in [-0.2, 0) is 9.53 Å². The molecule has 3 rings (SSSR count). The van der Waals surface area contributed by atoms with Crippen molar-refractivity contribution in [2.75, 3.05) is 19.7 Å². The van der Waals surface area contributed by atoms with Gasteiger partial charge in [0.05, 0.1) is 18.2 Å². The van der Waals surface area contributed by atoms with E-state index in [-0.39, 0.29) is 12.0 Å². The number of amides is 1. The highest BCUT2D eigenvalue weighted by Gasteiger charge is 2.29. The van der Waals surface area contributed by atoms with Crippen molar-refractivity contribution in [2.24, 2.45) is 0 Å². The van der Waals surface area contributed by atoms with E-state index in [1.807, 2.05) is 42.5 Å². The van der Waals surface area contributed by atoms with Gasteiger partial charge in [0.15, 0.2) is 6.10 Å². The van der Waals surface area contributed by atoms with Crippen LogP contribution in [0.2, 0.25) is 5.02 Å². The van der Waals surface area contributed by atoms with Crippen LogP contribution in [0.3, 0.4) is 0 Å². The van der Waals surface area contributed by atoms with E-state index in [4.69, 9.17) is 21.1 Å². The first-order chi connectivity index (χ1) is 11.6. The summed E-state index contributed by atoms with van der Waals surface area (Å²) in [5, 5.41) is 0.501. The summed E-state index contributed by atoms with van der Waals surface area (Å²) in [7, 11) is 0. The van der Waals surface area contributed by atoms with E-state index >= 15 is 0 Å². The van der Waals surface area contributed by atoms with Crippen LogP contribution in [0.15, 0.2) is 54.6 Å². The van der Waals surface area contributed by atoms with Crippen molar-refractivity contribution in [3.8, 4) is 5.75 Å². The van der Waals surface area contributed by atoms with E-state index in [2.05, 4.69) is 0 Å². The third-order valence-electron chi connectivity index (χ3n) is 4.04. The number of morpholine rings is 1. The van der Waals surface area contributed by atoms with Crippen LogP contribution in [0.25, 0.3) is 0 Å². The predicted molar refractivity (Wildman–Crippen MR) is 93.3 cm³/mol. The highest BCUT2D eigenvalue weighted by atomic mass is 35.5. The zero-order valence-corrected chi connectivity index (χ0v) is 14.3. The number of hydrogen-bond acceptors (Lipinski definition) is 3. The summed E-state index contributed by atoms with van der Waals surface area (Å²) in [5.74, 6) is 0.465. The summed E-state index contributed by atoms with van der Waals surface area (Å²) in [6.45, 7) is 3.36. The number of nitrogens with zero attached hydrogens (tertiary/aromatic N) is 1. The first-order valence-corrected chi connectivity index (χ1v) is 8.39. The number of halogens is 1. The molecule has 0 spiro atoms. The van der Waals surface area contributed by atoms with Gasteiger partial charge < -0.3 is 14.4 Å². The Balaban J connectivity index is 1.65. The number of carbonyl (C=O) groups is 1. The van der Waals surface area contributed by atoms with Gasteiger partial charge in [0.2, 0.25) is 0 Å². The first-order valence-electron chi connectivity index (χ1n) is 8.01. The quantitative estimate of drug-likeness (QED) is 0.848. The van der Waals surface area contributed by atoms with Gasteiger partial charge in [-0.15, -0.1) is 0 Å². The van der Waals surface area contributed by atoms with Gasteiger partial charge in [-0.1, -0.05) is 54.1 Å². The van der Waals surface area contributed by atoms with Crippen LogP contribution in [-0.4, -0.2) is 36.6 Å². The molecule has 0 saturated carbocycles. The summed E-state index contributed by atoms with van der Waals surface area (Å²) in [4.78, 5) is 14.5. The lowest BCUT2D eigenvalue weighted by atomic mass is 10.1. The SMILES string of the molecule is CC(Oc1ccccc1Cl)C(=O)N1CCOC(c2ccccc2)C1. The van der Waals surface area contributed by atoms with E-state index in [0.717, 1.165) is 5.56 Å². The molecule has 5 heteroatoms. The van der Waals surface area contributed by atoms with Gasteiger partial charge >= 0.3 is 0 Å². The Morgan fingerprint density at radius 1 is 1.21 bits per heavy atom. The smallest absolute Gasteiger partial charge is 0.263 e. The maximum Gasteiger partial charge on any atom is 0.263 e. The van der Waals surface area contributed by atoms with Crippen molar-refractivity contribution in [1.29, 1.82) is 0 Å². The molecule has 0 bridgehead atoms. The second kappa shape index (κ2) is 7.69. The third-order valence-corrected chi connectivity index (χ3v) is 4.35. The molecule has 1 heterocycles. The Labute approximate surface area is 146 Å². The van der Waals surface area contributed by atoms with Crippen molar-refractivity contribution in [1.82, 2.24) is 4.90 Å². The van der Waals surface area contributed by atoms with Gasteiger partial charge in [-0.05, 0) is 24.6 Å². The van der Waals surface area contributed by atoms with Crippen molar-refractivity contribution in [3.63, 3.8) is 0 Å². The topological polar surface area (TPSA) is 38.8 Å². The fourth-order valence-electron chi connectivity index (χ4n) is 2.76. The molecule has 0 radical (unpaired) electrons. The molecule has 4 nitrogen and oxygen atoms in total. The Hall–Kier alpha value is -2.04. The van der Waals surface area contributed by atoms with Crippen molar-refractivity contribution < 1.29 is 14.3 Å². The Bertz CT molecular complexity index is 692. The van der Waals surface area contributed by atoms with E-state index < -0.39 is 6.10 Å². The minimum Gasteiger partial charge on any atom is -0.479 e. The molecule has 0 aliphatic carbocycles. The number of carbonyl (C=O) groups excluding carboxylic acids is 1. The largest absolute Gasteiger partial charge is 0.479 e. The predicted octanol–water partition coefficient (Wildman–Crippen LogP) is 3.71. The van der Waals surface area contributed by atoms with Gasteiger partial charge in [-0.25, -0.2) is 0 Å². The van der Waals surface area contributed by atoms with Crippen LogP contribution in [0.5, 0.6) is 5.75 Å². The average molecular weight is 346 g/mol. The number of para-hydroxylation sites is 1. The molecular weight excluding hydrogens is 326 g/mol. The van der Waals surface area contributed by atoms with Crippen molar-refractivity contribution in [3.05, 3.63) is 65.2 Å². The van der Waals surface area contributed by atoms with E-state index in [0.29, 0.717) is 30.5 Å². The molecule has 24 heavy (non-hydrogen) atoms. The van der Waals surface area contributed by atoms with Crippen LogP contribution < -0.4 is 4.74 Å². The van der Waals surface area contributed by atoms with Crippen molar-refractivity contribution in [2.45, 2.75) is 19.1 Å². The Kier molecular flexibility index (Phi) is 5.38. The lowest BCUT2D eigenvalue weighted by Gasteiger charge is -2.34. The average Bonchev–Trinajstić information content (AvgIpc) is 2.64. The molecule has 1 saturated heterocycles. The third kappa shape index (κ3) is 3.89. The minimum atomic E-state index is -0.598. The number of hydrogen-bond donors (Lipinski definition) is 0. The van der Waals surface area contributed by atoms with Gasteiger partial charge in [-0.3, -0.25) is 4.79 Å². The number of benzene rings is 2. The standard InChI is InChI=1S/C19H20ClNO3/c1-14(24-17-10-6-5-9-16(17)20)19(22)21-11-12-23-18(13-21)15-7-3-2-4-8-15/h2-10,14,18H,11-13H2,1H3. The van der Waals surface area contributed by atoms with E-state index in [1.165, 1.54) is 0 Å². The zero-order valence-electron chi connectivity index (χ0n) is 13.5. The highest BCUT2D eigenvalue weighted by molar-refractivity contribution is 6.32. The maximum absolute atomic E-state index is 12.7. The normalized spacial score (nSPS) is 18.9. The number of rotatable bonds is 4. The molecule has 1 aliphatic rings. The molecule has 2 aromatic carbocycles. The lowest BCUT2D eigenvalue weighted by molar-refractivity contribution is -0.145. The summed E-state index contributed by atoms with van der Waals surface area (Å²) in [6.07, 6.45) is -0.698. The van der Waals surface area contributed by atoms with Gasteiger partial charge in [0, 0.05) is 6.54 Å². The minimum absolute atomic E-state index is 0.0563. The molecular formula is C19H20ClNO3. The summed E-state index contributed by atoms with van der Waals surface area (Å²) >= 11 is 6.09. The number of ether oxygens (including phenoxy) is 2. The Morgan fingerprint density at radius 3 is 2.67 bits per heavy atom. The van der Waals surface area contributed by atoms with Gasteiger partial charge in [-0.2, -0.15) is 0 Å². The molecule has 0 N–H and O–H groups in total. The summed E-state index contributed by atoms with van der Waals surface area (Å²) in [6, 6.07) is 17.1. The maximum atomic E-state index is 12.7. The second-order valence-corrected chi connectivity index (χ2v) is 6.15. The highest BCUT2D eigenvalue weighted by Crippen LogP contribution is 2.26. The molecule has 1 aliphatic heterocycles. The van der Waals surface area contributed by atoms with Crippen LogP contribution in [0.1, 0.15) is 18.6 Å². The lowest BCUT2D eigenvalue weighted by Crippen LogP contribution is -2.47. The fraction of sp³-hybridized carbons (Fsp3) is 0.316. The monoisotopic (exact) mass is 345 g/mol. The zero-order chi connectivity index (χ0) is 16.9. The van der Waals surface area contributed by atoms with Crippen LogP contribution in [0, 0.1) is 0 Å². The fourth-order valence-corrected chi connectivity index (χ4v) is 2.94. The van der Waals surface area contributed by atoms with Gasteiger partial charge in [0.1, 0.15) is 11.9 Å². The molecule has 2 aromatic rings. The van der Waals surface area contributed by atoms with Crippen molar-refractivity contribution >= 4 is 17.5 Å². The summed E-state index contributed by atoms with van der Waals surface area (Å²) in [5.41, 5.74) is 1.08. The molecule has 0 aromatic heterocycles. The molecule has 2 unspecified atom stereocenters. The molecule has 2 atom stereocenters. The van der Waals surface area contributed by atoms with E-state index in [9.17, 15) is 4.79 Å². The second-order valence-electron chi connectivity index (χ2n) is 5.74. The van der Waals surface area contributed by atoms with Gasteiger partial charge in [0.25, 0.3) is 5.91 Å². The van der Waals surface area contributed by atoms with Crippen LogP contribution in [0.4, 0.5) is 0 Å². The van der Waals surface area contributed by atoms with E-state index in [1.54, 1.807) is 24.0 Å². The molecule has 1 fully saturated rings. The Morgan fingerprint density at radius 2 is 1.92 bits per heavy atom. The molecule has 126 valence electrons. The molecule has 1 amide bonds.